The van der Waals surface area contributed by atoms with Crippen molar-refractivity contribution >= 4 is 26.8 Å². The van der Waals surface area contributed by atoms with Crippen LogP contribution in [0, 0.1) is 11.3 Å². The largest absolute Gasteiger partial charge is 0.480 e. The average molecular weight is 435 g/mol. The normalized spacial score (nSPS) is 19.8. The fourth-order valence-electron chi connectivity index (χ4n) is 4.22. The molecule has 1 aromatic carbocycles. The van der Waals surface area contributed by atoms with Crippen LogP contribution in [0.1, 0.15) is 52.3 Å². The molecule has 0 atom stereocenters. The Morgan fingerprint density at radius 1 is 1.27 bits per heavy atom. The number of ether oxygens (including phenoxy) is 1. The van der Waals surface area contributed by atoms with Crippen LogP contribution in [0.5, 0.6) is 0 Å². The van der Waals surface area contributed by atoms with Crippen LogP contribution in [0.3, 0.4) is 0 Å². The molecule has 2 heterocycles. The minimum Gasteiger partial charge on any atom is -0.480 e. The number of fused-ring (bicyclic) bond motifs is 1. The minimum atomic E-state index is -4.09. The molecule has 0 bridgehead atoms. The van der Waals surface area contributed by atoms with E-state index in [1.54, 1.807) is 18.2 Å². The second-order valence-corrected chi connectivity index (χ2v) is 12.1. The zero-order valence-electron chi connectivity index (χ0n) is 17.8. The van der Waals surface area contributed by atoms with Gasteiger partial charge in [0.25, 0.3) is 0 Å². The first-order valence-corrected chi connectivity index (χ1v) is 12.1. The molecule has 0 spiro atoms. The highest BCUT2D eigenvalue weighted by Gasteiger charge is 2.52. The lowest BCUT2D eigenvalue weighted by Crippen LogP contribution is -2.50. The summed E-state index contributed by atoms with van der Waals surface area (Å²) in [5.41, 5.74) is 1.58. The summed E-state index contributed by atoms with van der Waals surface area (Å²) in [5, 5.41) is 9.83. The summed E-state index contributed by atoms with van der Waals surface area (Å²) < 4.78 is 32.5. The first kappa shape index (κ1) is 21.3. The molecule has 4 rings (SSSR count). The lowest BCUT2D eigenvalue weighted by Gasteiger charge is -2.32. The standard InChI is InChI=1S/C22H30N2O5S/c1-21(2,3)13-19-23-17-12-16(6-7-18(17)24(19)14-15-4-5-15)30(27,28)22(20(25)26)8-10-29-11-9-22/h6-7,12,15H,4-5,8-11,13-14H2,1-3H3,(H,25,26). The van der Waals surface area contributed by atoms with Crippen LogP contribution in [-0.2, 0) is 32.3 Å². The smallest absolute Gasteiger partial charge is 0.325 e. The zero-order chi connectivity index (χ0) is 21.7. The van der Waals surface area contributed by atoms with Gasteiger partial charge >= 0.3 is 5.97 Å². The number of nitrogens with zero attached hydrogens (tertiary/aromatic N) is 2. The van der Waals surface area contributed by atoms with E-state index in [-0.39, 0.29) is 36.4 Å². The van der Waals surface area contributed by atoms with E-state index in [9.17, 15) is 18.3 Å². The summed E-state index contributed by atoms with van der Waals surface area (Å²) in [7, 11) is -4.09. The van der Waals surface area contributed by atoms with Gasteiger partial charge in [-0.3, -0.25) is 4.79 Å². The van der Waals surface area contributed by atoms with Gasteiger partial charge in [-0.25, -0.2) is 13.4 Å². The molecular formula is C22H30N2O5S. The molecule has 1 saturated heterocycles. The number of sulfone groups is 1. The highest BCUT2D eigenvalue weighted by molar-refractivity contribution is 7.93. The summed E-state index contributed by atoms with van der Waals surface area (Å²) in [5.74, 6) is 0.304. The van der Waals surface area contributed by atoms with Crippen molar-refractivity contribution in [1.29, 1.82) is 0 Å². The van der Waals surface area contributed by atoms with Gasteiger partial charge in [0, 0.05) is 39.0 Å². The fourth-order valence-corrected chi connectivity index (χ4v) is 6.12. The molecule has 2 aliphatic rings. The Hall–Kier alpha value is -1.93. The number of hydrogen-bond acceptors (Lipinski definition) is 5. The van der Waals surface area contributed by atoms with Crippen LogP contribution in [-0.4, -0.2) is 47.0 Å². The average Bonchev–Trinajstić information content (AvgIpc) is 3.43. The molecule has 0 amide bonds. The Bertz CT molecular complexity index is 1070. The predicted octanol–water partition coefficient (Wildman–Crippen LogP) is 3.44. The number of hydrogen-bond donors (Lipinski definition) is 1. The lowest BCUT2D eigenvalue weighted by molar-refractivity contribution is -0.142. The Morgan fingerprint density at radius 3 is 2.50 bits per heavy atom. The maximum atomic E-state index is 13.4. The van der Waals surface area contributed by atoms with Gasteiger partial charge in [0.1, 0.15) is 5.82 Å². The molecule has 30 heavy (non-hydrogen) atoms. The summed E-state index contributed by atoms with van der Waals surface area (Å²) in [6, 6.07) is 4.89. The SMILES string of the molecule is CC(C)(C)Cc1nc2cc(S(=O)(=O)C3(C(=O)O)CCOCC3)ccc2n1CC1CC1. The Labute approximate surface area is 177 Å². The second kappa shape index (κ2) is 7.34. The van der Waals surface area contributed by atoms with Gasteiger partial charge in [-0.2, -0.15) is 0 Å². The van der Waals surface area contributed by atoms with E-state index >= 15 is 0 Å². The molecule has 2 fully saturated rings. The topological polar surface area (TPSA) is 98.5 Å². The maximum Gasteiger partial charge on any atom is 0.325 e. The number of imidazole rings is 1. The Balaban J connectivity index is 1.80. The van der Waals surface area contributed by atoms with Crippen LogP contribution in [0.4, 0.5) is 0 Å². The third-order valence-electron chi connectivity index (χ3n) is 6.14. The number of carboxylic acids is 1. The molecule has 1 saturated carbocycles. The van der Waals surface area contributed by atoms with E-state index in [4.69, 9.17) is 9.72 Å². The highest BCUT2D eigenvalue weighted by atomic mass is 32.2. The molecule has 1 N–H and O–H groups in total. The fraction of sp³-hybridized carbons (Fsp3) is 0.636. The molecule has 8 heteroatoms. The van der Waals surface area contributed by atoms with Crippen molar-refractivity contribution in [2.45, 2.75) is 69.1 Å². The van der Waals surface area contributed by atoms with Crippen molar-refractivity contribution in [2.75, 3.05) is 13.2 Å². The van der Waals surface area contributed by atoms with Crippen LogP contribution in [0.25, 0.3) is 11.0 Å². The molecule has 7 nitrogen and oxygen atoms in total. The molecular weight excluding hydrogens is 404 g/mol. The molecule has 1 aliphatic carbocycles. The number of carbonyl (C=O) groups is 1. The van der Waals surface area contributed by atoms with E-state index in [1.165, 1.54) is 12.8 Å². The third kappa shape index (κ3) is 3.75. The third-order valence-corrected chi connectivity index (χ3v) is 8.63. The molecule has 164 valence electrons. The van der Waals surface area contributed by atoms with Crippen molar-refractivity contribution in [1.82, 2.24) is 9.55 Å². The van der Waals surface area contributed by atoms with Crippen molar-refractivity contribution in [3.63, 3.8) is 0 Å². The summed E-state index contributed by atoms with van der Waals surface area (Å²) in [4.78, 5) is 16.9. The van der Waals surface area contributed by atoms with Crippen LogP contribution < -0.4 is 0 Å². The van der Waals surface area contributed by atoms with E-state index in [0.29, 0.717) is 11.4 Å². The van der Waals surface area contributed by atoms with Crippen LogP contribution in [0.2, 0.25) is 0 Å². The molecule has 1 aliphatic heterocycles. The predicted molar refractivity (Wildman–Crippen MR) is 113 cm³/mol. The van der Waals surface area contributed by atoms with E-state index in [1.807, 2.05) is 0 Å². The summed E-state index contributed by atoms with van der Waals surface area (Å²) in [6.07, 6.45) is 3.11. The number of aliphatic carboxylic acids is 1. The lowest BCUT2D eigenvalue weighted by atomic mass is 9.92. The van der Waals surface area contributed by atoms with Gasteiger partial charge in [-0.1, -0.05) is 20.8 Å². The monoisotopic (exact) mass is 434 g/mol. The minimum absolute atomic E-state index is 0.0256. The van der Waals surface area contributed by atoms with Gasteiger partial charge in [-0.05, 0) is 42.4 Å². The highest BCUT2D eigenvalue weighted by Crippen LogP contribution is 2.38. The van der Waals surface area contributed by atoms with Crippen LogP contribution in [0.15, 0.2) is 23.1 Å². The molecule has 0 unspecified atom stereocenters. The second-order valence-electron chi connectivity index (χ2n) is 9.89. The Morgan fingerprint density at radius 2 is 1.93 bits per heavy atom. The first-order chi connectivity index (χ1) is 14.0. The van der Waals surface area contributed by atoms with E-state index < -0.39 is 20.6 Å². The summed E-state index contributed by atoms with van der Waals surface area (Å²) >= 11 is 0. The quantitative estimate of drug-likeness (QED) is 0.748. The van der Waals surface area contributed by atoms with Crippen molar-refractivity contribution in [3.8, 4) is 0 Å². The number of rotatable bonds is 6. The molecule has 1 aromatic heterocycles. The van der Waals surface area contributed by atoms with Gasteiger partial charge in [0.15, 0.2) is 14.6 Å². The summed E-state index contributed by atoms with van der Waals surface area (Å²) in [6.45, 7) is 7.62. The van der Waals surface area contributed by atoms with Crippen LogP contribution >= 0.6 is 0 Å². The molecule has 2 aromatic rings. The number of aromatic nitrogens is 2. The molecule has 0 radical (unpaired) electrons. The van der Waals surface area contributed by atoms with Crippen molar-refractivity contribution in [3.05, 3.63) is 24.0 Å². The van der Waals surface area contributed by atoms with Gasteiger partial charge < -0.3 is 14.4 Å². The van der Waals surface area contributed by atoms with Crippen molar-refractivity contribution < 1.29 is 23.1 Å². The first-order valence-electron chi connectivity index (χ1n) is 10.6. The Kier molecular flexibility index (Phi) is 5.21. The van der Waals surface area contributed by atoms with Gasteiger partial charge in [-0.15, -0.1) is 0 Å². The number of benzene rings is 1. The van der Waals surface area contributed by atoms with Crippen molar-refractivity contribution in [2.24, 2.45) is 11.3 Å². The zero-order valence-corrected chi connectivity index (χ0v) is 18.7. The maximum absolute atomic E-state index is 13.4. The van der Waals surface area contributed by atoms with Gasteiger partial charge in [0.2, 0.25) is 0 Å². The number of carboxylic acid groups (broad SMARTS) is 1. The van der Waals surface area contributed by atoms with Gasteiger partial charge in [0.05, 0.1) is 15.9 Å². The van der Waals surface area contributed by atoms with E-state index in [0.717, 1.165) is 24.3 Å². The van der Waals surface area contributed by atoms with E-state index in [2.05, 4.69) is 25.3 Å².